The van der Waals surface area contributed by atoms with Crippen molar-refractivity contribution in [2.75, 3.05) is 47.5 Å². The van der Waals surface area contributed by atoms with Crippen LogP contribution >= 0.6 is 7.82 Å². The molecule has 1 unspecified atom stereocenters. The van der Waals surface area contributed by atoms with Crippen LogP contribution in [0.15, 0.2) is 72.9 Å². The highest BCUT2D eigenvalue weighted by molar-refractivity contribution is 7.47. The van der Waals surface area contributed by atoms with Gasteiger partial charge in [0.15, 0.2) is 6.10 Å². The minimum absolute atomic E-state index is 0.0152. The van der Waals surface area contributed by atoms with Crippen LogP contribution in [0.25, 0.3) is 0 Å². The van der Waals surface area contributed by atoms with Gasteiger partial charge in [-0.15, -0.1) is 0 Å². The predicted octanol–water partition coefficient (Wildman–Crippen LogP) is 10.3. The molecule has 1 N–H and O–H groups in total. The molecule has 0 spiro atoms. The molecule has 2 atom stereocenters. The fourth-order valence-electron chi connectivity index (χ4n) is 4.51. The highest BCUT2D eigenvalue weighted by Gasteiger charge is 2.27. The van der Waals surface area contributed by atoms with Crippen LogP contribution in [0.5, 0.6) is 0 Å². The van der Waals surface area contributed by atoms with Gasteiger partial charge >= 0.3 is 19.8 Å². The smallest absolute Gasteiger partial charge is 0.462 e. The summed E-state index contributed by atoms with van der Waals surface area (Å²) in [6.07, 6.45) is 39.8. The van der Waals surface area contributed by atoms with Crippen LogP contribution in [0, 0.1) is 0 Å². The van der Waals surface area contributed by atoms with Crippen LogP contribution in [-0.2, 0) is 32.7 Å². The Hall–Kier alpha value is -2.55. The summed E-state index contributed by atoms with van der Waals surface area (Å²) in [6.45, 7) is 4.15. The molecule has 9 nitrogen and oxygen atoms in total. The van der Waals surface area contributed by atoms with E-state index in [1.807, 2.05) is 33.3 Å². The van der Waals surface area contributed by atoms with Gasteiger partial charge in [-0.1, -0.05) is 132 Å². The van der Waals surface area contributed by atoms with Gasteiger partial charge in [0.25, 0.3) is 0 Å². The number of esters is 2. The Bertz CT molecular complexity index is 1100. The lowest BCUT2D eigenvalue weighted by Crippen LogP contribution is -2.37. The van der Waals surface area contributed by atoms with Gasteiger partial charge in [0.2, 0.25) is 0 Å². The molecule has 0 aliphatic carbocycles. The molecule has 0 bridgehead atoms. The van der Waals surface area contributed by atoms with Gasteiger partial charge in [0.05, 0.1) is 27.7 Å². The number of phosphoric ester groups is 1. The zero-order chi connectivity index (χ0) is 37.9. The second-order valence-electron chi connectivity index (χ2n) is 13.6. The Labute approximate surface area is 310 Å². The number of carbonyl (C=O) groups excluding carboxylic acids is 2. The molecule has 0 fully saturated rings. The summed E-state index contributed by atoms with van der Waals surface area (Å²) in [5, 5.41) is 0. The van der Waals surface area contributed by atoms with Gasteiger partial charge in [-0.05, 0) is 51.4 Å². The van der Waals surface area contributed by atoms with Crippen molar-refractivity contribution in [3.8, 4) is 0 Å². The molecule has 0 aromatic heterocycles. The van der Waals surface area contributed by atoms with E-state index in [9.17, 15) is 19.0 Å². The standard InChI is InChI=1S/C41H70NO8P/c1-6-8-10-12-14-16-17-18-19-20-21-22-23-24-25-26-28-30-32-34-41(44)50-39(38-49-51(45,46)48-36-35-42(3,4)5)37-47-40(43)33-31-29-27-15-13-11-9-7-2/h8,10,14,16,18-19,21-22,24-25,28,30,39H,6-7,9,11-13,15,17,20,23,26-27,29,31-38H2,1-5H3/p+1/b10-8+,16-14+,19-18+,22-21+,25-24+,30-28+/t39-/m1/s1. The summed E-state index contributed by atoms with van der Waals surface area (Å²) >= 11 is 0. The van der Waals surface area contributed by atoms with Crippen LogP contribution in [0.1, 0.15) is 123 Å². The van der Waals surface area contributed by atoms with E-state index in [4.69, 9.17) is 18.5 Å². The van der Waals surface area contributed by atoms with Crippen LogP contribution in [-0.4, -0.2) is 74.9 Å². The van der Waals surface area contributed by atoms with Crippen molar-refractivity contribution in [2.45, 2.75) is 129 Å². The van der Waals surface area contributed by atoms with Gasteiger partial charge < -0.3 is 18.9 Å². The van der Waals surface area contributed by atoms with Gasteiger partial charge in [-0.3, -0.25) is 18.6 Å². The molecular formula is C41H71NO8P+. The third-order valence-corrected chi connectivity index (χ3v) is 8.50. The monoisotopic (exact) mass is 736 g/mol. The Balaban J connectivity index is 4.55. The number of nitrogens with zero attached hydrogens (tertiary/aromatic N) is 1. The maximum Gasteiger partial charge on any atom is 0.472 e. The lowest BCUT2D eigenvalue weighted by atomic mass is 10.1. The molecule has 0 rings (SSSR count). The van der Waals surface area contributed by atoms with Gasteiger partial charge in [-0.2, -0.15) is 0 Å². The highest BCUT2D eigenvalue weighted by atomic mass is 31.2. The van der Waals surface area contributed by atoms with E-state index in [0.29, 0.717) is 17.4 Å². The number of hydrogen-bond acceptors (Lipinski definition) is 7. The van der Waals surface area contributed by atoms with Crippen molar-refractivity contribution in [3.05, 3.63) is 72.9 Å². The first-order valence-corrected chi connectivity index (χ1v) is 20.7. The zero-order valence-corrected chi connectivity index (χ0v) is 33.4. The van der Waals surface area contributed by atoms with E-state index < -0.39 is 32.5 Å². The van der Waals surface area contributed by atoms with E-state index in [0.717, 1.165) is 57.8 Å². The first-order valence-electron chi connectivity index (χ1n) is 19.2. The van der Waals surface area contributed by atoms with Crippen molar-refractivity contribution in [3.63, 3.8) is 0 Å². The zero-order valence-electron chi connectivity index (χ0n) is 32.6. The van der Waals surface area contributed by atoms with E-state index >= 15 is 0 Å². The largest absolute Gasteiger partial charge is 0.472 e. The van der Waals surface area contributed by atoms with Crippen molar-refractivity contribution >= 4 is 19.8 Å². The maximum absolute atomic E-state index is 12.6. The van der Waals surface area contributed by atoms with Gasteiger partial charge in [-0.25, -0.2) is 4.57 Å². The second-order valence-corrected chi connectivity index (χ2v) is 15.0. The maximum atomic E-state index is 12.6. The quantitative estimate of drug-likeness (QED) is 0.0233. The molecular weight excluding hydrogens is 665 g/mol. The molecule has 0 amide bonds. The number of ether oxygens (including phenoxy) is 2. The topological polar surface area (TPSA) is 108 Å². The normalized spacial score (nSPS) is 14.5. The first-order chi connectivity index (χ1) is 24.5. The minimum Gasteiger partial charge on any atom is -0.462 e. The fourth-order valence-corrected chi connectivity index (χ4v) is 5.25. The van der Waals surface area contributed by atoms with Crippen LogP contribution in [0.3, 0.4) is 0 Å². The molecule has 51 heavy (non-hydrogen) atoms. The second kappa shape index (κ2) is 33.3. The predicted molar refractivity (Wildman–Crippen MR) is 210 cm³/mol. The van der Waals surface area contributed by atoms with Crippen LogP contribution in [0.4, 0.5) is 0 Å². The number of quaternary nitrogens is 1. The Kier molecular flexibility index (Phi) is 31.6. The number of carbonyl (C=O) groups is 2. The van der Waals surface area contributed by atoms with Crippen LogP contribution in [0.2, 0.25) is 0 Å². The molecule has 0 aromatic rings. The third kappa shape index (κ3) is 37.0. The SMILES string of the molecule is CC/C=C/C/C=C/C/C=C/C/C=C/C/C=C/C/C=C/CCC(=O)O[C@H](COC(=O)CCCCCCCCCC)COP(=O)(O)OCC[N+](C)(C)C. The lowest BCUT2D eigenvalue weighted by Gasteiger charge is -2.24. The molecule has 292 valence electrons. The number of allylic oxidation sites excluding steroid dienone is 12. The van der Waals surface area contributed by atoms with E-state index in [2.05, 4.69) is 74.6 Å². The molecule has 0 aromatic carbocycles. The Morgan fingerprint density at radius 2 is 1.12 bits per heavy atom. The van der Waals surface area contributed by atoms with E-state index in [-0.39, 0.29) is 26.1 Å². The van der Waals surface area contributed by atoms with Crippen molar-refractivity contribution in [1.82, 2.24) is 0 Å². The molecule has 0 aliphatic rings. The molecule has 10 heteroatoms. The summed E-state index contributed by atoms with van der Waals surface area (Å²) in [5.41, 5.74) is 0. The molecule has 0 saturated heterocycles. The lowest BCUT2D eigenvalue weighted by molar-refractivity contribution is -0.870. The number of unbranched alkanes of at least 4 members (excludes halogenated alkanes) is 7. The summed E-state index contributed by atoms with van der Waals surface area (Å²) in [6, 6.07) is 0. The van der Waals surface area contributed by atoms with Gasteiger partial charge in [0, 0.05) is 12.8 Å². The number of hydrogen-bond donors (Lipinski definition) is 1. The summed E-state index contributed by atoms with van der Waals surface area (Å²) < 4.78 is 34.0. The molecule has 0 heterocycles. The molecule has 0 radical (unpaired) electrons. The molecule has 0 saturated carbocycles. The Morgan fingerprint density at radius 3 is 1.63 bits per heavy atom. The Morgan fingerprint density at radius 1 is 0.627 bits per heavy atom. The van der Waals surface area contributed by atoms with Crippen molar-refractivity contribution in [2.24, 2.45) is 0 Å². The third-order valence-electron chi connectivity index (χ3n) is 7.51. The summed E-state index contributed by atoms with van der Waals surface area (Å²) in [4.78, 5) is 35.0. The van der Waals surface area contributed by atoms with E-state index in [1.54, 1.807) is 0 Å². The summed E-state index contributed by atoms with van der Waals surface area (Å²) in [7, 11) is 1.42. The summed E-state index contributed by atoms with van der Waals surface area (Å²) in [5.74, 6) is -0.910. The van der Waals surface area contributed by atoms with Crippen LogP contribution < -0.4 is 0 Å². The number of phosphoric acid groups is 1. The van der Waals surface area contributed by atoms with Gasteiger partial charge in [0.1, 0.15) is 19.8 Å². The molecule has 0 aliphatic heterocycles. The van der Waals surface area contributed by atoms with E-state index in [1.165, 1.54) is 32.1 Å². The first kappa shape index (κ1) is 48.5. The minimum atomic E-state index is -4.39. The fraction of sp³-hybridized carbons (Fsp3) is 0.659. The number of likely N-dealkylation sites (N-methyl/N-ethyl adjacent to an activating group) is 1. The average molecular weight is 737 g/mol. The average Bonchev–Trinajstić information content (AvgIpc) is 3.07. The van der Waals surface area contributed by atoms with Crippen molar-refractivity contribution < 1.29 is 42.1 Å². The van der Waals surface area contributed by atoms with Crippen molar-refractivity contribution in [1.29, 1.82) is 0 Å². The highest BCUT2D eigenvalue weighted by Crippen LogP contribution is 2.43. The number of rotatable bonds is 33.